The van der Waals surface area contributed by atoms with E-state index in [1.165, 1.54) is 6.26 Å². The molecule has 0 fully saturated rings. The summed E-state index contributed by atoms with van der Waals surface area (Å²) in [6, 6.07) is 10.7. The molecule has 3 N–H and O–H groups in total. The van der Waals surface area contributed by atoms with Crippen LogP contribution >= 0.6 is 0 Å². The fourth-order valence-corrected chi connectivity index (χ4v) is 1.84. The molecule has 0 spiro atoms. The lowest BCUT2D eigenvalue weighted by Crippen LogP contribution is -2.30. The predicted octanol–water partition coefficient (Wildman–Crippen LogP) is 2.83. The lowest BCUT2D eigenvalue weighted by Gasteiger charge is -2.10. The summed E-state index contributed by atoms with van der Waals surface area (Å²) >= 11 is 0. The molecule has 0 aliphatic heterocycles. The number of aryl methyl sites for hydroxylation is 1. The molecule has 5 heteroatoms. The van der Waals surface area contributed by atoms with E-state index in [0.29, 0.717) is 18.7 Å². The largest absolute Gasteiger partial charge is 0.467 e. The number of urea groups is 1. The van der Waals surface area contributed by atoms with E-state index in [4.69, 9.17) is 4.42 Å². The van der Waals surface area contributed by atoms with Crippen molar-refractivity contribution in [1.29, 1.82) is 0 Å². The summed E-state index contributed by atoms with van der Waals surface area (Å²) < 4.78 is 5.08. The van der Waals surface area contributed by atoms with Gasteiger partial charge >= 0.3 is 6.03 Å². The molecule has 0 saturated carbocycles. The van der Waals surface area contributed by atoms with E-state index in [2.05, 4.69) is 10.6 Å². The molecule has 106 valence electrons. The van der Waals surface area contributed by atoms with Crippen LogP contribution in [-0.2, 0) is 0 Å². The molecule has 1 unspecified atom stereocenters. The van der Waals surface area contributed by atoms with Crippen LogP contribution in [-0.4, -0.2) is 17.7 Å². The number of benzene rings is 1. The van der Waals surface area contributed by atoms with Gasteiger partial charge in [-0.15, -0.1) is 0 Å². The molecule has 1 aromatic carbocycles. The van der Waals surface area contributed by atoms with Gasteiger partial charge in [0.15, 0.2) is 0 Å². The molecule has 1 aromatic heterocycles. The zero-order chi connectivity index (χ0) is 14.4. The normalized spacial score (nSPS) is 11.9. The number of rotatable bonds is 5. The Labute approximate surface area is 117 Å². The zero-order valence-electron chi connectivity index (χ0n) is 11.3. The molecule has 1 heterocycles. The van der Waals surface area contributed by atoms with Crippen LogP contribution in [0.25, 0.3) is 0 Å². The van der Waals surface area contributed by atoms with Crippen LogP contribution in [0.5, 0.6) is 0 Å². The smallest absolute Gasteiger partial charge is 0.319 e. The highest BCUT2D eigenvalue weighted by Crippen LogP contribution is 2.15. The number of aliphatic hydroxyl groups is 1. The van der Waals surface area contributed by atoms with Crippen molar-refractivity contribution in [3.63, 3.8) is 0 Å². The molecule has 0 aliphatic rings. The van der Waals surface area contributed by atoms with Crippen LogP contribution in [0.15, 0.2) is 47.1 Å². The van der Waals surface area contributed by atoms with Crippen molar-refractivity contribution < 1.29 is 14.3 Å². The maximum atomic E-state index is 11.7. The minimum atomic E-state index is -0.704. The standard InChI is InChI=1S/C15H18N2O3/c1-11-4-2-5-12(10-11)17-15(19)16-8-7-13(18)14-6-3-9-20-14/h2-6,9-10,13,18H,7-8H2,1H3,(H2,16,17,19). The molecule has 2 aromatic rings. The fourth-order valence-electron chi connectivity index (χ4n) is 1.84. The summed E-state index contributed by atoms with van der Waals surface area (Å²) in [5, 5.41) is 15.2. The quantitative estimate of drug-likeness (QED) is 0.784. The lowest BCUT2D eigenvalue weighted by molar-refractivity contribution is 0.140. The van der Waals surface area contributed by atoms with Gasteiger partial charge in [0.25, 0.3) is 0 Å². The SMILES string of the molecule is Cc1cccc(NC(=O)NCCC(O)c2ccco2)c1. The van der Waals surface area contributed by atoms with E-state index in [1.54, 1.807) is 12.1 Å². The van der Waals surface area contributed by atoms with Crippen molar-refractivity contribution in [2.24, 2.45) is 0 Å². The molecule has 0 bridgehead atoms. The average molecular weight is 274 g/mol. The maximum Gasteiger partial charge on any atom is 0.319 e. The number of hydrogen-bond donors (Lipinski definition) is 3. The maximum absolute atomic E-state index is 11.7. The number of carbonyl (C=O) groups is 1. The molecule has 0 saturated heterocycles. The van der Waals surface area contributed by atoms with Gasteiger partial charge in [0.05, 0.1) is 6.26 Å². The second-order valence-corrected chi connectivity index (χ2v) is 4.57. The van der Waals surface area contributed by atoms with Gasteiger partial charge in [0, 0.05) is 12.2 Å². The molecule has 5 nitrogen and oxygen atoms in total. The van der Waals surface area contributed by atoms with Gasteiger partial charge in [-0.1, -0.05) is 12.1 Å². The van der Waals surface area contributed by atoms with Gasteiger partial charge in [-0.3, -0.25) is 0 Å². The number of amides is 2. The van der Waals surface area contributed by atoms with E-state index >= 15 is 0 Å². The van der Waals surface area contributed by atoms with Crippen molar-refractivity contribution in [2.75, 3.05) is 11.9 Å². The minimum Gasteiger partial charge on any atom is -0.467 e. The van der Waals surface area contributed by atoms with E-state index < -0.39 is 6.10 Å². The Bertz CT molecular complexity index is 552. The topological polar surface area (TPSA) is 74.5 Å². The van der Waals surface area contributed by atoms with Crippen LogP contribution < -0.4 is 10.6 Å². The number of nitrogens with one attached hydrogen (secondary N) is 2. The highest BCUT2D eigenvalue weighted by molar-refractivity contribution is 5.89. The predicted molar refractivity (Wildman–Crippen MR) is 76.5 cm³/mol. The Balaban J connectivity index is 1.73. The van der Waals surface area contributed by atoms with E-state index in [9.17, 15) is 9.90 Å². The van der Waals surface area contributed by atoms with Crippen molar-refractivity contribution in [2.45, 2.75) is 19.4 Å². The lowest BCUT2D eigenvalue weighted by atomic mass is 10.2. The Morgan fingerprint density at radius 1 is 1.35 bits per heavy atom. The first kappa shape index (κ1) is 14.1. The van der Waals surface area contributed by atoms with E-state index in [-0.39, 0.29) is 6.03 Å². The Morgan fingerprint density at radius 2 is 2.20 bits per heavy atom. The number of hydrogen-bond acceptors (Lipinski definition) is 3. The Morgan fingerprint density at radius 3 is 2.90 bits per heavy atom. The fraction of sp³-hybridized carbons (Fsp3) is 0.267. The van der Waals surface area contributed by atoms with E-state index in [0.717, 1.165) is 11.3 Å². The Kier molecular flexibility index (Phi) is 4.79. The molecule has 2 rings (SSSR count). The summed E-state index contributed by atoms with van der Waals surface area (Å²) in [5.74, 6) is 0.505. The molecule has 2 amide bonds. The van der Waals surface area contributed by atoms with Crippen molar-refractivity contribution >= 4 is 11.7 Å². The summed E-state index contributed by atoms with van der Waals surface area (Å²) in [7, 11) is 0. The minimum absolute atomic E-state index is 0.290. The summed E-state index contributed by atoms with van der Waals surface area (Å²) in [6.45, 7) is 2.32. The van der Waals surface area contributed by atoms with Gasteiger partial charge in [-0.25, -0.2) is 4.79 Å². The number of carbonyl (C=O) groups excluding carboxylic acids is 1. The number of anilines is 1. The highest BCUT2D eigenvalue weighted by Gasteiger charge is 2.10. The third-order valence-electron chi connectivity index (χ3n) is 2.85. The summed E-state index contributed by atoms with van der Waals surface area (Å²) in [4.78, 5) is 11.7. The zero-order valence-corrected chi connectivity index (χ0v) is 11.3. The van der Waals surface area contributed by atoms with Crippen molar-refractivity contribution in [3.8, 4) is 0 Å². The second-order valence-electron chi connectivity index (χ2n) is 4.57. The first-order valence-electron chi connectivity index (χ1n) is 6.48. The third-order valence-corrected chi connectivity index (χ3v) is 2.85. The Hall–Kier alpha value is -2.27. The first-order valence-corrected chi connectivity index (χ1v) is 6.48. The van der Waals surface area contributed by atoms with Gasteiger partial charge in [-0.2, -0.15) is 0 Å². The van der Waals surface area contributed by atoms with Crippen LogP contribution in [0.1, 0.15) is 23.8 Å². The van der Waals surface area contributed by atoms with Crippen LogP contribution in [0.4, 0.5) is 10.5 Å². The number of furan rings is 1. The van der Waals surface area contributed by atoms with Crippen LogP contribution in [0.3, 0.4) is 0 Å². The average Bonchev–Trinajstić information content (AvgIpc) is 2.92. The highest BCUT2D eigenvalue weighted by atomic mass is 16.4. The van der Waals surface area contributed by atoms with Gasteiger partial charge < -0.3 is 20.2 Å². The van der Waals surface area contributed by atoms with Gasteiger partial charge in [-0.05, 0) is 43.2 Å². The molecular weight excluding hydrogens is 256 g/mol. The first-order chi connectivity index (χ1) is 9.65. The molecule has 1 atom stereocenters. The van der Waals surface area contributed by atoms with Crippen molar-refractivity contribution in [3.05, 3.63) is 54.0 Å². The molecule has 0 aliphatic carbocycles. The summed E-state index contributed by atoms with van der Waals surface area (Å²) in [6.07, 6.45) is 1.20. The van der Waals surface area contributed by atoms with E-state index in [1.807, 2.05) is 31.2 Å². The third kappa shape index (κ3) is 4.13. The second kappa shape index (κ2) is 6.77. The molecule has 0 radical (unpaired) electrons. The summed E-state index contributed by atoms with van der Waals surface area (Å²) in [5.41, 5.74) is 1.82. The number of aliphatic hydroxyl groups excluding tert-OH is 1. The molecular formula is C15H18N2O3. The van der Waals surface area contributed by atoms with Crippen LogP contribution in [0, 0.1) is 6.92 Å². The van der Waals surface area contributed by atoms with Crippen molar-refractivity contribution in [1.82, 2.24) is 5.32 Å². The monoisotopic (exact) mass is 274 g/mol. The molecule has 20 heavy (non-hydrogen) atoms. The van der Waals surface area contributed by atoms with Gasteiger partial charge in [0.1, 0.15) is 11.9 Å². The van der Waals surface area contributed by atoms with Gasteiger partial charge in [0.2, 0.25) is 0 Å². The van der Waals surface area contributed by atoms with Crippen LogP contribution in [0.2, 0.25) is 0 Å².